The number of nitrogens with zero attached hydrogens (tertiary/aromatic N) is 5. The molecule has 0 amide bonds. The van der Waals surface area contributed by atoms with Crippen LogP contribution in [0.15, 0.2) is 59.7 Å². The summed E-state index contributed by atoms with van der Waals surface area (Å²) in [6.45, 7) is 2.05. The van der Waals surface area contributed by atoms with E-state index in [0.717, 1.165) is 52.5 Å². The Morgan fingerprint density at radius 3 is 2.86 bits per heavy atom. The monoisotopic (exact) mass is 437 g/mol. The summed E-state index contributed by atoms with van der Waals surface area (Å²) < 4.78 is 4.72. The van der Waals surface area contributed by atoms with Crippen molar-refractivity contribution in [2.75, 3.05) is 18.4 Å². The fourth-order valence-electron chi connectivity index (χ4n) is 3.63. The molecule has 4 aromatic rings. The summed E-state index contributed by atoms with van der Waals surface area (Å²) in [6.07, 6.45) is 9.62. The Bertz CT molecular complexity index is 1080. The minimum Gasteiger partial charge on any atom is -0.340 e. The lowest BCUT2D eigenvalue weighted by Gasteiger charge is -2.23. The summed E-state index contributed by atoms with van der Waals surface area (Å²) in [5.41, 5.74) is 3.99. The van der Waals surface area contributed by atoms with Crippen molar-refractivity contribution in [3.05, 3.63) is 65.4 Å². The van der Waals surface area contributed by atoms with Crippen LogP contribution in [0.3, 0.4) is 0 Å². The molecule has 2 N–H and O–H groups in total. The van der Waals surface area contributed by atoms with E-state index in [-0.39, 0.29) is 0 Å². The van der Waals surface area contributed by atoms with Crippen LogP contribution in [0.2, 0.25) is 0 Å². The molecule has 8 heteroatoms. The predicted octanol–water partition coefficient (Wildman–Crippen LogP) is 3.89. The average molecular weight is 438 g/mol. The Morgan fingerprint density at radius 2 is 2.11 bits per heavy atom. The van der Waals surface area contributed by atoms with Crippen LogP contribution in [-0.2, 0) is 0 Å². The maximum atomic E-state index is 4.87. The van der Waals surface area contributed by atoms with Crippen molar-refractivity contribution < 1.29 is 0 Å². The van der Waals surface area contributed by atoms with Gasteiger partial charge in [0, 0.05) is 42.3 Å². The number of hydrogen-bond acceptors (Lipinski definition) is 5. The summed E-state index contributed by atoms with van der Waals surface area (Å²) in [6, 6.07) is 10.4. The van der Waals surface area contributed by atoms with Crippen LogP contribution < -0.4 is 10.6 Å². The topological polar surface area (TPSA) is 72.1 Å². The Balaban J connectivity index is 1.49. The number of rotatable bonds is 4. The van der Waals surface area contributed by atoms with Crippen molar-refractivity contribution in [1.82, 2.24) is 29.5 Å². The van der Waals surface area contributed by atoms with Crippen LogP contribution in [0.25, 0.3) is 11.3 Å². The van der Waals surface area contributed by atoms with E-state index in [1.165, 1.54) is 6.42 Å². The van der Waals surface area contributed by atoms with E-state index in [1.807, 2.05) is 15.3 Å². The number of halogens is 1. The normalized spacial score (nSPS) is 17.1. The number of anilines is 2. The average Bonchev–Trinajstić information content (AvgIpc) is 3.40. The summed E-state index contributed by atoms with van der Waals surface area (Å²) in [5.74, 6) is 1.33. The van der Waals surface area contributed by atoms with Crippen LogP contribution in [0.4, 0.5) is 11.5 Å². The van der Waals surface area contributed by atoms with Crippen molar-refractivity contribution >= 4 is 33.1 Å². The van der Waals surface area contributed by atoms with E-state index in [2.05, 4.69) is 67.0 Å². The minimum atomic E-state index is 0.421. The van der Waals surface area contributed by atoms with Gasteiger partial charge in [0.2, 0.25) is 0 Å². The molecule has 5 rings (SSSR count). The predicted molar refractivity (Wildman–Crippen MR) is 112 cm³/mol. The molecule has 1 aliphatic rings. The summed E-state index contributed by atoms with van der Waals surface area (Å²) in [4.78, 5) is 8.97. The second-order valence-electron chi connectivity index (χ2n) is 6.98. The smallest absolute Gasteiger partial charge is 0.171 e. The van der Waals surface area contributed by atoms with Gasteiger partial charge in [0.25, 0.3) is 0 Å². The van der Waals surface area contributed by atoms with E-state index in [0.29, 0.717) is 5.92 Å². The van der Waals surface area contributed by atoms with Gasteiger partial charge in [-0.15, -0.1) is 0 Å². The van der Waals surface area contributed by atoms with Crippen LogP contribution in [-0.4, -0.2) is 37.2 Å². The van der Waals surface area contributed by atoms with Crippen LogP contribution in [0.1, 0.15) is 24.5 Å². The van der Waals surface area contributed by atoms with E-state index in [1.54, 1.807) is 18.7 Å². The van der Waals surface area contributed by atoms with Crippen molar-refractivity contribution in [2.24, 2.45) is 0 Å². The Morgan fingerprint density at radius 1 is 1.21 bits per heavy atom. The summed E-state index contributed by atoms with van der Waals surface area (Å²) in [5, 5.41) is 11.5. The lowest BCUT2D eigenvalue weighted by atomic mass is 9.96. The van der Waals surface area contributed by atoms with Crippen molar-refractivity contribution in [1.29, 1.82) is 0 Å². The highest BCUT2D eigenvalue weighted by Crippen LogP contribution is 2.29. The van der Waals surface area contributed by atoms with Gasteiger partial charge in [0.1, 0.15) is 5.82 Å². The first-order valence-corrected chi connectivity index (χ1v) is 10.2. The van der Waals surface area contributed by atoms with Gasteiger partial charge in [-0.25, -0.2) is 9.97 Å². The fraction of sp³-hybridized carbons (Fsp3) is 0.250. The molecule has 0 radical (unpaired) electrons. The Hall–Kier alpha value is -2.71. The lowest BCUT2D eigenvalue weighted by Crippen LogP contribution is -2.29. The highest BCUT2D eigenvalue weighted by molar-refractivity contribution is 9.10. The first-order valence-electron chi connectivity index (χ1n) is 9.38. The zero-order valence-electron chi connectivity index (χ0n) is 15.2. The van der Waals surface area contributed by atoms with Crippen LogP contribution in [0.5, 0.6) is 0 Å². The third kappa shape index (κ3) is 3.29. The third-order valence-corrected chi connectivity index (χ3v) is 5.67. The number of nitrogens with one attached hydrogen (secondary N) is 2. The van der Waals surface area contributed by atoms with Gasteiger partial charge in [0.05, 0.1) is 22.7 Å². The molecule has 1 saturated heterocycles. The van der Waals surface area contributed by atoms with Gasteiger partial charge in [-0.1, -0.05) is 0 Å². The zero-order valence-corrected chi connectivity index (χ0v) is 16.8. The maximum absolute atomic E-state index is 4.87. The highest BCUT2D eigenvalue weighted by Gasteiger charge is 2.20. The van der Waals surface area contributed by atoms with Crippen LogP contribution >= 0.6 is 15.9 Å². The lowest BCUT2D eigenvalue weighted by molar-refractivity contribution is 0.455. The van der Waals surface area contributed by atoms with Gasteiger partial charge < -0.3 is 15.2 Å². The second-order valence-corrected chi connectivity index (χ2v) is 7.83. The summed E-state index contributed by atoms with van der Waals surface area (Å²) >= 11 is 3.58. The van der Waals surface area contributed by atoms with Crippen molar-refractivity contribution in [3.63, 3.8) is 0 Å². The molecule has 0 saturated carbocycles. The first kappa shape index (κ1) is 17.4. The standard InChI is InChI=1S/C20H20BrN7/c21-17-12-24-28-19(10-18(26-20(17)28)14-2-1-7-22-11-14)25-15-3-5-16(6-4-15)27-9-8-23-13-27/h3-6,8-10,12-14,22,25H,1-2,7,11H2. The van der Waals surface area contributed by atoms with Gasteiger partial charge in [-0.3, -0.25) is 0 Å². The number of fused-ring (bicyclic) bond motifs is 1. The molecule has 7 nitrogen and oxygen atoms in total. The number of benzene rings is 1. The van der Waals surface area contributed by atoms with Crippen LogP contribution in [0, 0.1) is 0 Å². The molecule has 1 aliphatic heterocycles. The molecule has 0 spiro atoms. The number of hydrogen-bond donors (Lipinski definition) is 2. The molecule has 1 fully saturated rings. The van der Waals surface area contributed by atoms with Crippen molar-refractivity contribution in [3.8, 4) is 5.69 Å². The Labute approximate surface area is 170 Å². The van der Waals surface area contributed by atoms with Gasteiger partial charge in [0.15, 0.2) is 5.65 Å². The van der Waals surface area contributed by atoms with E-state index in [9.17, 15) is 0 Å². The molecule has 28 heavy (non-hydrogen) atoms. The minimum absolute atomic E-state index is 0.421. The maximum Gasteiger partial charge on any atom is 0.171 e. The molecular formula is C20H20BrN7. The quantitative estimate of drug-likeness (QED) is 0.506. The van der Waals surface area contributed by atoms with E-state index >= 15 is 0 Å². The Kier molecular flexibility index (Phi) is 4.58. The number of imidazole rings is 1. The molecule has 0 bridgehead atoms. The largest absolute Gasteiger partial charge is 0.340 e. The molecule has 4 heterocycles. The number of aromatic nitrogens is 5. The molecule has 3 aromatic heterocycles. The second kappa shape index (κ2) is 7.37. The van der Waals surface area contributed by atoms with Crippen molar-refractivity contribution in [2.45, 2.75) is 18.8 Å². The third-order valence-electron chi connectivity index (χ3n) is 5.11. The molecule has 1 unspecified atom stereocenters. The van der Waals surface area contributed by atoms with Gasteiger partial charge in [-0.2, -0.15) is 9.61 Å². The molecule has 1 atom stereocenters. The first-order chi connectivity index (χ1) is 13.8. The SMILES string of the molecule is Brc1cnn2c(Nc3ccc(-n4ccnc4)cc3)cc(C3CCCNC3)nc12. The number of piperidine rings is 1. The van der Waals surface area contributed by atoms with E-state index in [4.69, 9.17) is 4.98 Å². The van der Waals surface area contributed by atoms with Gasteiger partial charge in [-0.05, 0) is 59.6 Å². The molecule has 0 aliphatic carbocycles. The molecule has 1 aromatic carbocycles. The molecule has 142 valence electrons. The zero-order chi connectivity index (χ0) is 18.9. The van der Waals surface area contributed by atoms with Gasteiger partial charge >= 0.3 is 0 Å². The summed E-state index contributed by atoms with van der Waals surface area (Å²) in [7, 11) is 0. The van der Waals surface area contributed by atoms with E-state index < -0.39 is 0 Å². The molecular weight excluding hydrogens is 418 g/mol. The highest BCUT2D eigenvalue weighted by atomic mass is 79.9. The fourth-order valence-corrected chi connectivity index (χ4v) is 3.98.